The third-order valence-electron chi connectivity index (χ3n) is 1.39. The number of nitrogens with zero attached hydrogens (tertiary/aromatic N) is 1. The van der Waals surface area contributed by atoms with Crippen molar-refractivity contribution in [2.24, 2.45) is 0 Å². The first-order valence-corrected chi connectivity index (χ1v) is 4.74. The Bertz CT molecular complexity index is 272. The van der Waals surface area contributed by atoms with Crippen molar-refractivity contribution in [3.8, 4) is 0 Å². The lowest BCUT2D eigenvalue weighted by atomic mass is 10.3. The van der Waals surface area contributed by atoms with Crippen molar-refractivity contribution in [3.05, 3.63) is 17.5 Å². The van der Waals surface area contributed by atoms with Crippen molar-refractivity contribution in [3.63, 3.8) is 0 Å². The standard InChI is InChI=1S/C7H10N2O2S/c1-2-12-4-5-3-8-9-6(5)7(10)11/h3H,2,4H2,1H3,(H,8,9)(H,10,11). The summed E-state index contributed by atoms with van der Waals surface area (Å²) in [7, 11) is 0. The number of aromatic carboxylic acids is 1. The van der Waals surface area contributed by atoms with Crippen LogP contribution in [0.1, 0.15) is 23.0 Å². The predicted octanol–water partition coefficient (Wildman–Crippen LogP) is 1.36. The number of aromatic amines is 1. The first kappa shape index (κ1) is 9.12. The number of carboxylic acids is 1. The van der Waals surface area contributed by atoms with E-state index in [4.69, 9.17) is 5.11 Å². The fraction of sp³-hybridized carbons (Fsp3) is 0.429. The molecular formula is C7H10N2O2S. The van der Waals surface area contributed by atoms with Gasteiger partial charge in [0.2, 0.25) is 0 Å². The van der Waals surface area contributed by atoms with Crippen molar-refractivity contribution in [2.45, 2.75) is 12.7 Å². The molecule has 0 atom stereocenters. The molecule has 1 heterocycles. The van der Waals surface area contributed by atoms with Gasteiger partial charge in [0, 0.05) is 11.3 Å². The third kappa shape index (κ3) is 2.01. The molecule has 4 nitrogen and oxygen atoms in total. The number of aromatic nitrogens is 2. The number of H-pyrrole nitrogens is 1. The van der Waals surface area contributed by atoms with E-state index in [1.54, 1.807) is 18.0 Å². The van der Waals surface area contributed by atoms with Crippen LogP contribution in [0, 0.1) is 0 Å². The molecule has 0 aliphatic rings. The molecule has 0 radical (unpaired) electrons. The fourth-order valence-electron chi connectivity index (χ4n) is 0.818. The molecule has 0 amide bonds. The van der Waals surface area contributed by atoms with Gasteiger partial charge < -0.3 is 5.11 Å². The lowest BCUT2D eigenvalue weighted by Crippen LogP contribution is -2.00. The highest BCUT2D eigenvalue weighted by Crippen LogP contribution is 2.13. The van der Waals surface area contributed by atoms with Crippen molar-refractivity contribution < 1.29 is 9.90 Å². The van der Waals surface area contributed by atoms with Gasteiger partial charge in [-0.2, -0.15) is 16.9 Å². The van der Waals surface area contributed by atoms with Crippen LogP contribution in [0.25, 0.3) is 0 Å². The van der Waals surface area contributed by atoms with Crippen LogP contribution in [0.2, 0.25) is 0 Å². The number of rotatable bonds is 4. The molecule has 0 fully saturated rings. The smallest absolute Gasteiger partial charge is 0.354 e. The second kappa shape index (κ2) is 4.15. The maximum atomic E-state index is 10.6. The molecule has 0 aliphatic carbocycles. The van der Waals surface area contributed by atoms with E-state index in [9.17, 15) is 4.79 Å². The Morgan fingerprint density at radius 3 is 3.17 bits per heavy atom. The number of nitrogens with one attached hydrogen (secondary N) is 1. The number of carbonyl (C=O) groups is 1. The van der Waals surface area contributed by atoms with Gasteiger partial charge in [-0.15, -0.1) is 0 Å². The zero-order chi connectivity index (χ0) is 8.97. The Morgan fingerprint density at radius 1 is 1.83 bits per heavy atom. The highest BCUT2D eigenvalue weighted by atomic mass is 32.2. The Kier molecular flexibility index (Phi) is 3.16. The lowest BCUT2D eigenvalue weighted by molar-refractivity contribution is 0.0689. The zero-order valence-corrected chi connectivity index (χ0v) is 7.52. The van der Waals surface area contributed by atoms with Gasteiger partial charge in [0.25, 0.3) is 0 Å². The monoisotopic (exact) mass is 186 g/mol. The van der Waals surface area contributed by atoms with E-state index in [1.807, 2.05) is 6.92 Å². The minimum absolute atomic E-state index is 0.205. The first-order chi connectivity index (χ1) is 5.75. The highest BCUT2D eigenvalue weighted by molar-refractivity contribution is 7.98. The highest BCUT2D eigenvalue weighted by Gasteiger charge is 2.10. The van der Waals surface area contributed by atoms with Gasteiger partial charge in [-0.1, -0.05) is 6.92 Å². The van der Waals surface area contributed by atoms with Gasteiger partial charge >= 0.3 is 5.97 Å². The lowest BCUT2D eigenvalue weighted by Gasteiger charge is -1.95. The van der Waals surface area contributed by atoms with Crippen LogP contribution in [-0.2, 0) is 5.75 Å². The normalized spacial score (nSPS) is 10.1. The number of carboxylic acid groups (broad SMARTS) is 1. The average Bonchev–Trinajstić information content (AvgIpc) is 2.48. The van der Waals surface area contributed by atoms with Gasteiger partial charge in [0.05, 0.1) is 6.20 Å². The first-order valence-electron chi connectivity index (χ1n) is 3.59. The van der Waals surface area contributed by atoms with E-state index in [2.05, 4.69) is 10.2 Å². The summed E-state index contributed by atoms with van der Waals surface area (Å²) in [5.41, 5.74) is 0.963. The summed E-state index contributed by atoms with van der Waals surface area (Å²) in [5.74, 6) is 0.734. The van der Waals surface area contributed by atoms with Gasteiger partial charge in [0.1, 0.15) is 5.69 Å². The van der Waals surface area contributed by atoms with Crippen molar-refractivity contribution >= 4 is 17.7 Å². The maximum Gasteiger partial charge on any atom is 0.354 e. The van der Waals surface area contributed by atoms with E-state index in [0.29, 0.717) is 5.75 Å². The average molecular weight is 186 g/mol. The second-order valence-electron chi connectivity index (χ2n) is 2.21. The molecule has 5 heteroatoms. The Labute approximate surface area is 74.4 Å². The molecule has 0 unspecified atom stereocenters. The summed E-state index contributed by atoms with van der Waals surface area (Å²) in [5, 5.41) is 14.8. The van der Waals surface area contributed by atoms with Gasteiger partial charge in [0.15, 0.2) is 0 Å². The largest absolute Gasteiger partial charge is 0.477 e. The fourth-order valence-corrected chi connectivity index (χ4v) is 1.46. The summed E-state index contributed by atoms with van der Waals surface area (Å²) in [6.07, 6.45) is 1.56. The quantitative estimate of drug-likeness (QED) is 0.745. The van der Waals surface area contributed by atoms with Crippen LogP contribution in [-0.4, -0.2) is 27.0 Å². The molecule has 0 saturated heterocycles. The van der Waals surface area contributed by atoms with Crippen LogP contribution < -0.4 is 0 Å². The summed E-state index contributed by atoms with van der Waals surface area (Å²) >= 11 is 1.67. The van der Waals surface area contributed by atoms with Crippen molar-refractivity contribution in [2.75, 3.05) is 5.75 Å². The van der Waals surface area contributed by atoms with Gasteiger partial charge in [-0.25, -0.2) is 4.79 Å². The SMILES string of the molecule is CCSCc1cn[nH]c1C(=O)O. The van der Waals surface area contributed by atoms with Crippen LogP contribution >= 0.6 is 11.8 Å². The van der Waals surface area contributed by atoms with Crippen LogP contribution in [0.3, 0.4) is 0 Å². The molecule has 0 aromatic carbocycles. The number of thioether (sulfide) groups is 1. The van der Waals surface area contributed by atoms with E-state index in [0.717, 1.165) is 11.3 Å². The Morgan fingerprint density at radius 2 is 2.58 bits per heavy atom. The van der Waals surface area contributed by atoms with Crippen molar-refractivity contribution in [1.29, 1.82) is 0 Å². The van der Waals surface area contributed by atoms with Gasteiger partial charge in [-0.05, 0) is 5.75 Å². The minimum atomic E-state index is -0.945. The summed E-state index contributed by atoms with van der Waals surface area (Å²) in [6, 6.07) is 0. The molecule has 12 heavy (non-hydrogen) atoms. The molecule has 0 spiro atoms. The second-order valence-corrected chi connectivity index (χ2v) is 3.49. The molecule has 1 aromatic rings. The third-order valence-corrected chi connectivity index (χ3v) is 2.32. The molecule has 66 valence electrons. The summed E-state index contributed by atoms with van der Waals surface area (Å²) in [4.78, 5) is 10.6. The van der Waals surface area contributed by atoms with E-state index in [1.165, 1.54) is 0 Å². The van der Waals surface area contributed by atoms with E-state index in [-0.39, 0.29) is 5.69 Å². The van der Waals surface area contributed by atoms with Crippen molar-refractivity contribution in [1.82, 2.24) is 10.2 Å². The predicted molar refractivity (Wildman–Crippen MR) is 47.4 cm³/mol. The van der Waals surface area contributed by atoms with Crippen LogP contribution in [0.4, 0.5) is 0 Å². The molecule has 0 bridgehead atoms. The van der Waals surface area contributed by atoms with E-state index < -0.39 is 5.97 Å². The van der Waals surface area contributed by atoms with Crippen LogP contribution in [0.15, 0.2) is 6.20 Å². The molecule has 1 rings (SSSR count). The maximum absolute atomic E-state index is 10.6. The van der Waals surface area contributed by atoms with Gasteiger partial charge in [-0.3, -0.25) is 5.10 Å². The molecule has 0 saturated carbocycles. The number of hydrogen-bond donors (Lipinski definition) is 2. The molecule has 0 aliphatic heterocycles. The topological polar surface area (TPSA) is 66.0 Å². The van der Waals surface area contributed by atoms with Crippen LogP contribution in [0.5, 0.6) is 0 Å². The summed E-state index contributed by atoms with van der Waals surface area (Å²) in [6.45, 7) is 2.03. The van der Waals surface area contributed by atoms with E-state index >= 15 is 0 Å². The Hall–Kier alpha value is -0.970. The molecule has 2 N–H and O–H groups in total. The molecule has 1 aromatic heterocycles. The minimum Gasteiger partial charge on any atom is -0.477 e. The summed E-state index contributed by atoms with van der Waals surface area (Å²) < 4.78 is 0. The Balaban J connectivity index is 2.70. The number of hydrogen-bond acceptors (Lipinski definition) is 3. The zero-order valence-electron chi connectivity index (χ0n) is 6.70. The molecular weight excluding hydrogens is 176 g/mol.